The third-order valence-corrected chi connectivity index (χ3v) is 3.02. The molecule has 2 saturated carbocycles. The summed E-state index contributed by atoms with van der Waals surface area (Å²) in [5, 5.41) is 11.5. The fourth-order valence-electron chi connectivity index (χ4n) is 1.95. The van der Waals surface area contributed by atoms with Crippen LogP contribution in [-0.2, 0) is 0 Å². The fraction of sp³-hybridized carbons (Fsp3) is 0.889. The Bertz CT molecular complexity index is 184. The van der Waals surface area contributed by atoms with Crippen LogP contribution in [0.5, 0.6) is 0 Å². The first-order valence-corrected chi connectivity index (χ1v) is 4.45. The van der Waals surface area contributed by atoms with Crippen LogP contribution in [0.4, 0.5) is 0 Å². The first-order chi connectivity index (χ1) is 5.37. The van der Waals surface area contributed by atoms with Crippen LogP contribution < -0.4 is 5.32 Å². The van der Waals surface area contributed by atoms with Gasteiger partial charge < -0.3 is 5.32 Å². The smallest absolute Gasteiger partial charge is 0.0841 e. The molecule has 0 atom stereocenters. The third kappa shape index (κ3) is 1.39. The van der Waals surface area contributed by atoms with Crippen LogP contribution in [0.2, 0.25) is 0 Å². The van der Waals surface area contributed by atoms with E-state index in [1.54, 1.807) is 0 Å². The van der Waals surface area contributed by atoms with Gasteiger partial charge in [-0.2, -0.15) is 5.26 Å². The summed E-state index contributed by atoms with van der Waals surface area (Å²) >= 11 is 0. The van der Waals surface area contributed by atoms with E-state index in [2.05, 4.69) is 11.4 Å². The molecule has 1 N–H and O–H groups in total. The molecule has 0 unspecified atom stereocenters. The molecule has 2 aliphatic carbocycles. The number of hydrogen-bond donors (Lipinski definition) is 1. The molecular formula is C9H14N2. The number of nitriles is 1. The maximum atomic E-state index is 8.33. The van der Waals surface area contributed by atoms with Crippen molar-refractivity contribution in [1.29, 1.82) is 5.26 Å². The van der Waals surface area contributed by atoms with Crippen molar-refractivity contribution in [2.45, 2.75) is 25.7 Å². The molecule has 0 saturated heterocycles. The molecule has 0 spiro atoms. The Balaban J connectivity index is 1.73. The second kappa shape index (κ2) is 2.49. The SMILES string of the molecule is N#CCNCC1(C2CC2)CC1. The largest absolute Gasteiger partial charge is 0.304 e. The lowest BCUT2D eigenvalue weighted by Crippen LogP contribution is -2.25. The van der Waals surface area contributed by atoms with Crippen molar-refractivity contribution in [1.82, 2.24) is 5.32 Å². The zero-order valence-corrected chi connectivity index (χ0v) is 6.77. The molecule has 0 amide bonds. The predicted octanol–water partition coefficient (Wildman–Crippen LogP) is 1.29. The van der Waals surface area contributed by atoms with Crippen LogP contribution in [0, 0.1) is 22.7 Å². The average molecular weight is 150 g/mol. The molecule has 2 aliphatic rings. The van der Waals surface area contributed by atoms with Gasteiger partial charge in [-0.1, -0.05) is 0 Å². The first-order valence-electron chi connectivity index (χ1n) is 4.45. The summed E-state index contributed by atoms with van der Waals surface area (Å²) in [7, 11) is 0. The Kier molecular flexibility index (Phi) is 1.61. The molecule has 0 radical (unpaired) electrons. The topological polar surface area (TPSA) is 35.8 Å². The summed E-state index contributed by atoms with van der Waals surface area (Å²) in [4.78, 5) is 0. The zero-order chi connectivity index (χ0) is 7.73. The minimum atomic E-state index is 0.522. The van der Waals surface area contributed by atoms with E-state index in [0.29, 0.717) is 12.0 Å². The van der Waals surface area contributed by atoms with Crippen LogP contribution in [0.25, 0.3) is 0 Å². The Hall–Kier alpha value is -0.550. The Morgan fingerprint density at radius 3 is 2.64 bits per heavy atom. The van der Waals surface area contributed by atoms with Gasteiger partial charge in [-0.05, 0) is 37.0 Å². The summed E-state index contributed by atoms with van der Waals surface area (Å²) < 4.78 is 0. The van der Waals surface area contributed by atoms with Crippen LogP contribution in [0.15, 0.2) is 0 Å². The van der Waals surface area contributed by atoms with Crippen molar-refractivity contribution in [2.24, 2.45) is 11.3 Å². The van der Waals surface area contributed by atoms with Crippen molar-refractivity contribution in [3.8, 4) is 6.07 Å². The van der Waals surface area contributed by atoms with E-state index >= 15 is 0 Å². The molecule has 2 rings (SSSR count). The Labute approximate surface area is 67.6 Å². The van der Waals surface area contributed by atoms with Gasteiger partial charge in [0.15, 0.2) is 0 Å². The Morgan fingerprint density at radius 2 is 2.18 bits per heavy atom. The monoisotopic (exact) mass is 150 g/mol. The van der Waals surface area contributed by atoms with Crippen LogP contribution in [-0.4, -0.2) is 13.1 Å². The quantitative estimate of drug-likeness (QED) is 0.484. The number of nitrogens with zero attached hydrogens (tertiary/aromatic N) is 1. The van der Waals surface area contributed by atoms with Gasteiger partial charge in [0.1, 0.15) is 0 Å². The first kappa shape index (κ1) is 7.12. The number of nitrogens with one attached hydrogen (secondary N) is 1. The molecule has 2 nitrogen and oxygen atoms in total. The van der Waals surface area contributed by atoms with Crippen molar-refractivity contribution in [3.63, 3.8) is 0 Å². The van der Waals surface area contributed by atoms with E-state index in [4.69, 9.17) is 5.26 Å². The molecule has 0 aromatic heterocycles. The third-order valence-electron chi connectivity index (χ3n) is 3.02. The van der Waals surface area contributed by atoms with Crippen molar-refractivity contribution in [2.75, 3.05) is 13.1 Å². The molecule has 0 heterocycles. The summed E-state index contributed by atoms with van der Waals surface area (Å²) in [5.41, 5.74) is 0.650. The lowest BCUT2D eigenvalue weighted by Gasteiger charge is -2.12. The van der Waals surface area contributed by atoms with Crippen LogP contribution >= 0.6 is 0 Å². The molecule has 2 fully saturated rings. The van der Waals surface area contributed by atoms with Gasteiger partial charge in [0.25, 0.3) is 0 Å². The summed E-state index contributed by atoms with van der Waals surface area (Å²) in [6.45, 7) is 1.61. The average Bonchev–Trinajstić information content (AvgIpc) is 2.84. The number of rotatable bonds is 4. The second-order valence-corrected chi connectivity index (χ2v) is 3.90. The highest BCUT2D eigenvalue weighted by molar-refractivity contribution is 5.05. The molecular weight excluding hydrogens is 136 g/mol. The summed E-state index contributed by atoms with van der Waals surface area (Å²) in [6, 6.07) is 2.12. The van der Waals surface area contributed by atoms with E-state index in [1.807, 2.05) is 0 Å². The van der Waals surface area contributed by atoms with Crippen LogP contribution in [0.1, 0.15) is 25.7 Å². The highest BCUT2D eigenvalue weighted by Gasteiger charge is 2.52. The van der Waals surface area contributed by atoms with Gasteiger partial charge in [0, 0.05) is 6.54 Å². The lowest BCUT2D eigenvalue weighted by atomic mass is 10.0. The Morgan fingerprint density at radius 1 is 1.45 bits per heavy atom. The minimum Gasteiger partial charge on any atom is -0.304 e. The zero-order valence-electron chi connectivity index (χ0n) is 6.77. The predicted molar refractivity (Wildman–Crippen MR) is 42.9 cm³/mol. The maximum Gasteiger partial charge on any atom is 0.0841 e. The van der Waals surface area contributed by atoms with Gasteiger partial charge in [0.2, 0.25) is 0 Å². The highest BCUT2D eigenvalue weighted by atomic mass is 14.9. The molecule has 0 bridgehead atoms. The van der Waals surface area contributed by atoms with Crippen molar-refractivity contribution >= 4 is 0 Å². The van der Waals surface area contributed by atoms with Gasteiger partial charge in [-0.15, -0.1) is 0 Å². The van der Waals surface area contributed by atoms with Gasteiger partial charge in [-0.3, -0.25) is 0 Å². The van der Waals surface area contributed by atoms with E-state index in [-0.39, 0.29) is 0 Å². The molecule has 60 valence electrons. The van der Waals surface area contributed by atoms with Crippen LogP contribution in [0.3, 0.4) is 0 Å². The van der Waals surface area contributed by atoms with E-state index in [1.165, 1.54) is 25.7 Å². The number of hydrogen-bond acceptors (Lipinski definition) is 2. The van der Waals surface area contributed by atoms with E-state index < -0.39 is 0 Å². The van der Waals surface area contributed by atoms with Gasteiger partial charge >= 0.3 is 0 Å². The molecule has 0 aromatic carbocycles. The standard InChI is InChI=1S/C9H14N2/c10-5-6-11-7-9(3-4-9)8-1-2-8/h8,11H,1-4,6-7H2. The summed E-state index contributed by atoms with van der Waals surface area (Å²) in [5.74, 6) is 1.01. The minimum absolute atomic E-state index is 0.522. The van der Waals surface area contributed by atoms with Crippen molar-refractivity contribution < 1.29 is 0 Å². The maximum absolute atomic E-state index is 8.33. The summed E-state index contributed by atoms with van der Waals surface area (Å²) in [6.07, 6.45) is 5.68. The van der Waals surface area contributed by atoms with E-state index in [0.717, 1.165) is 12.5 Å². The molecule has 0 aliphatic heterocycles. The van der Waals surface area contributed by atoms with E-state index in [9.17, 15) is 0 Å². The lowest BCUT2D eigenvalue weighted by molar-refractivity contribution is 0.414. The van der Waals surface area contributed by atoms with Crippen molar-refractivity contribution in [3.05, 3.63) is 0 Å². The molecule has 2 heteroatoms. The van der Waals surface area contributed by atoms with Gasteiger partial charge in [-0.25, -0.2) is 0 Å². The molecule has 0 aromatic rings. The highest BCUT2D eigenvalue weighted by Crippen LogP contribution is 2.60. The second-order valence-electron chi connectivity index (χ2n) is 3.90. The molecule has 11 heavy (non-hydrogen) atoms. The fourth-order valence-corrected chi connectivity index (χ4v) is 1.95. The van der Waals surface area contributed by atoms with Gasteiger partial charge in [0.05, 0.1) is 12.6 Å². The normalized spacial score (nSPS) is 26.1.